The minimum Gasteiger partial charge on any atom is -0.391 e. The van der Waals surface area contributed by atoms with Gasteiger partial charge in [0.25, 0.3) is 5.69 Å². The van der Waals surface area contributed by atoms with Gasteiger partial charge in [0.1, 0.15) is 0 Å². The summed E-state index contributed by atoms with van der Waals surface area (Å²) in [6, 6.07) is 4.49. The van der Waals surface area contributed by atoms with Gasteiger partial charge in [0, 0.05) is 23.4 Å². The molecule has 0 aliphatic carbocycles. The van der Waals surface area contributed by atoms with E-state index in [0.717, 1.165) is 5.33 Å². The van der Waals surface area contributed by atoms with Gasteiger partial charge in [-0.15, -0.1) is 0 Å². The molecule has 0 fully saturated rings. The van der Waals surface area contributed by atoms with Crippen LogP contribution in [0, 0.1) is 22.0 Å². The van der Waals surface area contributed by atoms with Gasteiger partial charge in [-0.2, -0.15) is 0 Å². The average molecular weight is 284 g/mol. The van der Waals surface area contributed by atoms with E-state index in [1.807, 2.05) is 0 Å². The highest BCUT2D eigenvalue weighted by molar-refractivity contribution is 9.09. The lowest BCUT2D eigenvalue weighted by molar-refractivity contribution is -0.385. The monoisotopic (exact) mass is 283 g/mol. The molecular formula is C11H10BrNO3. The molecule has 0 aliphatic heterocycles. The van der Waals surface area contributed by atoms with Gasteiger partial charge in [0.2, 0.25) is 0 Å². The predicted molar refractivity (Wildman–Crippen MR) is 64.3 cm³/mol. The molecule has 0 atom stereocenters. The van der Waals surface area contributed by atoms with Gasteiger partial charge < -0.3 is 5.11 Å². The van der Waals surface area contributed by atoms with Gasteiger partial charge >= 0.3 is 0 Å². The summed E-state index contributed by atoms with van der Waals surface area (Å²) >= 11 is 3.25. The van der Waals surface area contributed by atoms with Crippen LogP contribution in [0.3, 0.4) is 0 Å². The smallest absolute Gasteiger partial charge is 0.274 e. The van der Waals surface area contributed by atoms with Crippen molar-refractivity contribution in [1.82, 2.24) is 0 Å². The third-order valence-electron chi connectivity index (χ3n) is 1.90. The first kappa shape index (κ1) is 12.7. The molecule has 16 heavy (non-hydrogen) atoms. The van der Waals surface area contributed by atoms with Gasteiger partial charge in [-0.3, -0.25) is 10.1 Å². The van der Waals surface area contributed by atoms with Crippen LogP contribution >= 0.6 is 15.9 Å². The molecule has 84 valence electrons. The second kappa shape index (κ2) is 6.26. The predicted octanol–water partition coefficient (Wildman–Crippen LogP) is 2.22. The number of aliphatic hydroxyl groups is 1. The molecule has 0 aromatic heterocycles. The first-order valence-corrected chi connectivity index (χ1v) is 5.74. The lowest BCUT2D eigenvalue weighted by Crippen LogP contribution is -1.95. The van der Waals surface area contributed by atoms with Crippen molar-refractivity contribution in [3.8, 4) is 11.8 Å². The van der Waals surface area contributed by atoms with E-state index in [2.05, 4.69) is 27.8 Å². The van der Waals surface area contributed by atoms with E-state index < -0.39 is 4.92 Å². The zero-order valence-electron chi connectivity index (χ0n) is 8.44. The fourth-order valence-electron chi connectivity index (χ4n) is 1.18. The summed E-state index contributed by atoms with van der Waals surface area (Å²) in [5.41, 5.74) is 0.889. The highest BCUT2D eigenvalue weighted by atomic mass is 79.9. The zero-order chi connectivity index (χ0) is 12.0. The fraction of sp³-hybridized carbons (Fsp3) is 0.273. The van der Waals surface area contributed by atoms with Crippen LogP contribution in [0.5, 0.6) is 0 Å². The maximum Gasteiger partial charge on any atom is 0.274 e. The molecule has 0 saturated carbocycles. The van der Waals surface area contributed by atoms with Crippen LogP contribution < -0.4 is 0 Å². The normalized spacial score (nSPS) is 9.38. The van der Waals surface area contributed by atoms with E-state index in [1.165, 1.54) is 6.07 Å². The average Bonchev–Trinajstić information content (AvgIpc) is 2.29. The highest BCUT2D eigenvalue weighted by Gasteiger charge is 2.12. The number of halogens is 1. The Morgan fingerprint density at radius 3 is 2.81 bits per heavy atom. The second-order valence-electron chi connectivity index (χ2n) is 3.00. The van der Waals surface area contributed by atoms with Crippen LogP contribution in [-0.2, 0) is 6.61 Å². The van der Waals surface area contributed by atoms with Crippen LogP contribution in [0.1, 0.15) is 17.5 Å². The van der Waals surface area contributed by atoms with E-state index >= 15 is 0 Å². The molecule has 0 bridgehead atoms. The first-order chi connectivity index (χ1) is 7.69. The van der Waals surface area contributed by atoms with Crippen molar-refractivity contribution in [2.75, 3.05) is 5.33 Å². The summed E-state index contributed by atoms with van der Waals surface area (Å²) in [7, 11) is 0. The number of hydrogen-bond acceptors (Lipinski definition) is 3. The van der Waals surface area contributed by atoms with Crippen molar-refractivity contribution in [3.05, 3.63) is 39.4 Å². The SMILES string of the molecule is O=[N+]([O-])c1ccc(C#CCCBr)cc1CO. The fourth-order valence-corrected chi connectivity index (χ4v) is 1.38. The third kappa shape index (κ3) is 3.33. The molecule has 1 aromatic carbocycles. The molecule has 0 aliphatic rings. The number of nitro benzene ring substituents is 1. The van der Waals surface area contributed by atoms with Crippen molar-refractivity contribution in [1.29, 1.82) is 0 Å². The van der Waals surface area contributed by atoms with Gasteiger partial charge in [0.05, 0.1) is 17.1 Å². The Labute approximate surface area is 102 Å². The molecule has 4 nitrogen and oxygen atoms in total. The molecular weight excluding hydrogens is 274 g/mol. The van der Waals surface area contributed by atoms with Crippen molar-refractivity contribution in [2.45, 2.75) is 13.0 Å². The van der Waals surface area contributed by atoms with Gasteiger partial charge in [-0.05, 0) is 12.1 Å². The summed E-state index contributed by atoms with van der Waals surface area (Å²) in [5, 5.41) is 20.4. The Balaban J connectivity index is 3.01. The van der Waals surface area contributed by atoms with Gasteiger partial charge in [-0.1, -0.05) is 27.8 Å². The van der Waals surface area contributed by atoms with Crippen molar-refractivity contribution < 1.29 is 10.0 Å². The van der Waals surface area contributed by atoms with Crippen molar-refractivity contribution >= 4 is 21.6 Å². The van der Waals surface area contributed by atoms with E-state index in [1.54, 1.807) is 12.1 Å². The molecule has 1 N–H and O–H groups in total. The van der Waals surface area contributed by atoms with E-state index in [9.17, 15) is 10.1 Å². The number of aliphatic hydroxyl groups excluding tert-OH is 1. The van der Waals surface area contributed by atoms with Crippen molar-refractivity contribution in [3.63, 3.8) is 0 Å². The number of rotatable bonds is 3. The molecule has 0 spiro atoms. The minimum absolute atomic E-state index is 0.0754. The lowest BCUT2D eigenvalue weighted by Gasteiger charge is -1.99. The Bertz CT molecular complexity index is 448. The standard InChI is InChI=1S/C11H10BrNO3/c12-6-2-1-3-9-4-5-11(13(15)16)10(7-9)8-14/h4-5,7,14H,2,6,8H2. The molecule has 0 amide bonds. The van der Waals surface area contributed by atoms with Crippen LogP contribution in [0.2, 0.25) is 0 Å². The van der Waals surface area contributed by atoms with Gasteiger partial charge in [0.15, 0.2) is 0 Å². The van der Waals surface area contributed by atoms with Crippen LogP contribution in [0.4, 0.5) is 5.69 Å². The Hall–Kier alpha value is -1.38. The number of hydrogen-bond donors (Lipinski definition) is 1. The zero-order valence-corrected chi connectivity index (χ0v) is 10.0. The van der Waals surface area contributed by atoms with Gasteiger partial charge in [-0.25, -0.2) is 0 Å². The maximum absolute atomic E-state index is 10.6. The maximum atomic E-state index is 10.6. The molecule has 5 heteroatoms. The Morgan fingerprint density at radius 1 is 1.50 bits per heavy atom. The Kier molecular flexibility index (Phi) is 4.96. The van der Waals surface area contributed by atoms with E-state index in [0.29, 0.717) is 12.0 Å². The summed E-state index contributed by atoms with van der Waals surface area (Å²) in [6.07, 6.45) is 0.714. The number of nitrogens with zero attached hydrogens (tertiary/aromatic N) is 1. The molecule has 0 unspecified atom stereocenters. The van der Waals surface area contributed by atoms with Crippen LogP contribution in [0.25, 0.3) is 0 Å². The highest BCUT2D eigenvalue weighted by Crippen LogP contribution is 2.19. The molecule has 1 rings (SSSR count). The second-order valence-corrected chi connectivity index (χ2v) is 3.79. The molecule has 0 heterocycles. The van der Waals surface area contributed by atoms with Crippen LogP contribution in [0.15, 0.2) is 18.2 Å². The molecule has 0 saturated heterocycles. The van der Waals surface area contributed by atoms with Crippen molar-refractivity contribution in [2.24, 2.45) is 0 Å². The lowest BCUT2D eigenvalue weighted by atomic mass is 10.1. The van der Waals surface area contributed by atoms with Crippen LogP contribution in [-0.4, -0.2) is 15.4 Å². The number of nitro groups is 1. The first-order valence-electron chi connectivity index (χ1n) is 4.62. The summed E-state index contributed by atoms with van der Waals surface area (Å²) < 4.78 is 0. The minimum atomic E-state index is -0.513. The molecule has 0 radical (unpaired) electrons. The number of benzene rings is 1. The largest absolute Gasteiger partial charge is 0.391 e. The summed E-state index contributed by atoms with van der Waals surface area (Å²) in [4.78, 5) is 10.1. The Morgan fingerprint density at radius 2 is 2.25 bits per heavy atom. The summed E-state index contributed by atoms with van der Waals surface area (Å²) in [6.45, 7) is -0.357. The topological polar surface area (TPSA) is 63.4 Å². The quantitative estimate of drug-likeness (QED) is 0.400. The number of alkyl halides is 1. The van der Waals surface area contributed by atoms with E-state index in [-0.39, 0.29) is 17.9 Å². The third-order valence-corrected chi connectivity index (χ3v) is 2.30. The molecule has 1 aromatic rings. The summed E-state index contributed by atoms with van der Waals surface area (Å²) in [5.74, 6) is 5.78. The van der Waals surface area contributed by atoms with E-state index in [4.69, 9.17) is 5.11 Å².